The van der Waals surface area contributed by atoms with E-state index in [1.54, 1.807) is 45.3 Å². The third-order valence-corrected chi connectivity index (χ3v) is 12.4. The number of nitrogens with one attached hydrogen (secondary N) is 9. The standard InChI is InChI=1S/C51H66N10O10/c1-8-27(4)43(61-44(63)28(5)52)50(69)59-41(23-33-25-54-38-16-12-10-14-36(33)38)49(68)57-39(21-31-17-19-34(62)20-18-31)48(67)58-40(22-32-24-53-37-15-11-9-13-35(32)37)47(66)56-29(6)45(64)55-30(7)46(65)60-42(26(2)3)51(70)71/h9-20,24-30,39-43,53-54,62H,8,21-23,52H2,1-7H3,(H,55,64)(H,56,66)(H,57,68)(H,58,67)(H,59,69)(H,60,65)(H,61,63)(H,70,71)/t27-,28-,29-,30-,39-,40-,41-,42-,43-/m0/s1. The molecule has 5 rings (SSSR count). The molecule has 0 unspecified atom stereocenters. The molecule has 20 heteroatoms. The molecule has 3 aromatic carbocycles. The predicted molar refractivity (Wildman–Crippen MR) is 266 cm³/mol. The van der Waals surface area contributed by atoms with Crippen LogP contribution in [0.25, 0.3) is 21.8 Å². The zero-order valence-corrected chi connectivity index (χ0v) is 40.9. The van der Waals surface area contributed by atoms with Crippen molar-refractivity contribution in [1.82, 2.24) is 47.2 Å². The number of carbonyl (C=O) groups excluding carboxylic acids is 7. The fraction of sp³-hybridized carbons (Fsp3) is 0.412. The minimum atomic E-state index is -1.41. The Morgan fingerprint density at radius 2 is 0.944 bits per heavy atom. The smallest absolute Gasteiger partial charge is 0.326 e. The molecule has 0 aliphatic heterocycles. The summed E-state index contributed by atoms with van der Waals surface area (Å²) in [6, 6.07) is 10.9. The average Bonchev–Trinajstić information content (AvgIpc) is 3.95. The minimum Gasteiger partial charge on any atom is -0.508 e. The maximum absolute atomic E-state index is 14.8. The zero-order chi connectivity index (χ0) is 52.1. The van der Waals surface area contributed by atoms with Crippen LogP contribution in [0.1, 0.15) is 71.6 Å². The van der Waals surface area contributed by atoms with Crippen molar-refractivity contribution in [2.45, 2.75) is 122 Å². The third-order valence-electron chi connectivity index (χ3n) is 12.4. The van der Waals surface area contributed by atoms with Gasteiger partial charge >= 0.3 is 5.97 Å². The van der Waals surface area contributed by atoms with E-state index in [0.717, 1.165) is 21.8 Å². The summed E-state index contributed by atoms with van der Waals surface area (Å²) in [4.78, 5) is 115. The van der Waals surface area contributed by atoms with Gasteiger partial charge in [0, 0.05) is 53.5 Å². The first-order valence-corrected chi connectivity index (χ1v) is 23.7. The summed E-state index contributed by atoms with van der Waals surface area (Å²) in [6.07, 6.45) is 3.61. The van der Waals surface area contributed by atoms with Crippen LogP contribution in [0, 0.1) is 11.8 Å². The van der Waals surface area contributed by atoms with E-state index >= 15 is 0 Å². The molecule has 0 bridgehead atoms. The zero-order valence-electron chi connectivity index (χ0n) is 40.9. The van der Waals surface area contributed by atoms with Gasteiger partial charge in [0.1, 0.15) is 48.0 Å². The SMILES string of the molecule is CC[C@H](C)[C@H](NC(=O)[C@H](C)N)C(=O)N[C@@H](Cc1c[nH]c2ccccc12)C(=O)N[C@@H](Cc1ccc(O)cc1)C(=O)N[C@@H](Cc1c[nH]c2ccccc12)C(=O)N[C@@H](C)C(=O)N[C@@H](C)C(=O)N[C@H](C(=O)O)C(C)C. The van der Waals surface area contributed by atoms with E-state index in [2.05, 4.69) is 47.2 Å². The summed E-state index contributed by atoms with van der Waals surface area (Å²) >= 11 is 0. The van der Waals surface area contributed by atoms with Crippen LogP contribution in [0.4, 0.5) is 0 Å². The van der Waals surface area contributed by atoms with Gasteiger partial charge in [-0.15, -0.1) is 0 Å². The topological polar surface area (TPSA) is 319 Å². The van der Waals surface area contributed by atoms with Gasteiger partial charge in [-0.2, -0.15) is 0 Å². The van der Waals surface area contributed by atoms with Gasteiger partial charge in [0.05, 0.1) is 6.04 Å². The monoisotopic (exact) mass is 978 g/mol. The van der Waals surface area contributed by atoms with Crippen LogP contribution >= 0.6 is 0 Å². The Kier molecular flexibility index (Phi) is 18.9. The quantitative estimate of drug-likeness (QED) is 0.0424. The second-order valence-corrected chi connectivity index (χ2v) is 18.4. The second kappa shape index (κ2) is 24.7. The molecule has 71 heavy (non-hydrogen) atoms. The van der Waals surface area contributed by atoms with E-state index in [1.165, 1.54) is 32.9 Å². The van der Waals surface area contributed by atoms with E-state index < -0.39 is 102 Å². The molecule has 0 radical (unpaired) electrons. The van der Waals surface area contributed by atoms with E-state index in [4.69, 9.17) is 5.73 Å². The fourth-order valence-corrected chi connectivity index (χ4v) is 7.90. The minimum absolute atomic E-state index is 0.0454. The number of amides is 7. The molecule has 0 saturated heterocycles. The molecule has 2 heterocycles. The van der Waals surface area contributed by atoms with Crippen molar-refractivity contribution in [2.24, 2.45) is 17.6 Å². The van der Waals surface area contributed by atoms with E-state index in [1.807, 2.05) is 55.5 Å². The van der Waals surface area contributed by atoms with Gasteiger partial charge < -0.3 is 63.1 Å². The molecule has 0 fully saturated rings. The Balaban J connectivity index is 1.45. The fourth-order valence-electron chi connectivity index (χ4n) is 7.90. The van der Waals surface area contributed by atoms with Crippen LogP contribution in [-0.4, -0.2) is 116 Å². The number of aromatic nitrogens is 2. The van der Waals surface area contributed by atoms with Gasteiger partial charge in [-0.1, -0.05) is 82.6 Å². The number of phenolic OH excluding ortho intramolecular Hbond substituents is 1. The third kappa shape index (κ3) is 14.6. The molecular formula is C51H66N10O10. The van der Waals surface area contributed by atoms with Crippen LogP contribution in [0.3, 0.4) is 0 Å². The van der Waals surface area contributed by atoms with Gasteiger partial charge in [0.2, 0.25) is 41.4 Å². The van der Waals surface area contributed by atoms with Crippen LogP contribution in [0.2, 0.25) is 0 Å². The number of phenols is 1. The molecule has 5 aromatic rings. The summed E-state index contributed by atoms with van der Waals surface area (Å²) in [5.41, 5.74) is 9.19. The van der Waals surface area contributed by atoms with Gasteiger partial charge in [-0.3, -0.25) is 33.6 Å². The molecule has 2 aromatic heterocycles. The maximum atomic E-state index is 14.8. The molecular weight excluding hydrogens is 913 g/mol. The Morgan fingerprint density at radius 3 is 1.41 bits per heavy atom. The van der Waals surface area contributed by atoms with Crippen LogP contribution in [0.5, 0.6) is 5.75 Å². The lowest BCUT2D eigenvalue weighted by atomic mass is 9.96. The van der Waals surface area contributed by atoms with Crippen LogP contribution in [0.15, 0.2) is 85.2 Å². The Hall–Kier alpha value is -7.74. The number of nitrogens with two attached hydrogens (primary N) is 1. The normalized spacial score (nSPS) is 15.2. The lowest BCUT2D eigenvalue weighted by Crippen LogP contribution is -2.61. The van der Waals surface area contributed by atoms with Gasteiger partial charge in [-0.05, 0) is 73.6 Å². The highest BCUT2D eigenvalue weighted by atomic mass is 16.4. The number of carboxylic acids is 1. The number of aromatic hydroxyl groups is 1. The first kappa shape index (κ1) is 54.2. The lowest BCUT2D eigenvalue weighted by molar-refractivity contribution is -0.143. The number of carbonyl (C=O) groups is 8. The summed E-state index contributed by atoms with van der Waals surface area (Å²) in [5.74, 6) is -7.24. The highest BCUT2D eigenvalue weighted by Gasteiger charge is 2.35. The second-order valence-electron chi connectivity index (χ2n) is 18.4. The summed E-state index contributed by atoms with van der Waals surface area (Å²) in [5, 5.41) is 39.8. The summed E-state index contributed by atoms with van der Waals surface area (Å²) < 4.78 is 0. The first-order valence-electron chi connectivity index (χ1n) is 23.7. The van der Waals surface area contributed by atoms with Crippen LogP contribution < -0.4 is 43.0 Å². The molecule has 380 valence electrons. The number of para-hydroxylation sites is 2. The summed E-state index contributed by atoms with van der Waals surface area (Å²) in [7, 11) is 0. The number of carboxylic acid groups (broad SMARTS) is 1. The van der Waals surface area contributed by atoms with E-state index in [9.17, 15) is 48.6 Å². The summed E-state index contributed by atoms with van der Waals surface area (Å²) in [6.45, 7) is 11.1. The highest BCUT2D eigenvalue weighted by molar-refractivity contribution is 5.98. The largest absolute Gasteiger partial charge is 0.508 e. The van der Waals surface area contributed by atoms with Gasteiger partial charge in [0.15, 0.2) is 0 Å². The lowest BCUT2D eigenvalue weighted by Gasteiger charge is -2.28. The maximum Gasteiger partial charge on any atom is 0.326 e. The first-order chi connectivity index (χ1) is 33.7. The molecule has 9 atom stereocenters. The number of benzene rings is 3. The van der Waals surface area contributed by atoms with Gasteiger partial charge in [0.25, 0.3) is 0 Å². The molecule has 0 aliphatic rings. The Morgan fingerprint density at radius 1 is 0.521 bits per heavy atom. The van der Waals surface area contributed by atoms with Gasteiger partial charge in [-0.25, -0.2) is 4.79 Å². The van der Waals surface area contributed by atoms with Crippen molar-refractivity contribution < 1.29 is 48.6 Å². The number of rotatable bonds is 24. The van der Waals surface area contributed by atoms with E-state index in [-0.39, 0.29) is 30.9 Å². The Bertz CT molecular complexity index is 2700. The molecule has 13 N–H and O–H groups in total. The van der Waals surface area contributed by atoms with Crippen molar-refractivity contribution in [3.63, 3.8) is 0 Å². The number of hydrogen-bond donors (Lipinski definition) is 12. The molecule has 7 amide bonds. The number of fused-ring (bicyclic) bond motifs is 2. The Labute approximate surface area is 411 Å². The van der Waals surface area contributed by atoms with Crippen molar-refractivity contribution in [3.8, 4) is 5.75 Å². The van der Waals surface area contributed by atoms with Crippen molar-refractivity contribution in [1.29, 1.82) is 0 Å². The van der Waals surface area contributed by atoms with E-state index in [0.29, 0.717) is 23.1 Å². The number of H-pyrrole nitrogens is 2. The van der Waals surface area contributed by atoms with Crippen molar-refractivity contribution in [3.05, 3.63) is 102 Å². The average molecular weight is 979 g/mol. The van der Waals surface area contributed by atoms with Crippen molar-refractivity contribution >= 4 is 69.1 Å². The van der Waals surface area contributed by atoms with Crippen molar-refractivity contribution in [2.75, 3.05) is 0 Å². The number of aliphatic carboxylic acids is 1. The molecule has 0 saturated carbocycles. The molecule has 20 nitrogen and oxygen atoms in total. The number of hydrogen-bond acceptors (Lipinski definition) is 10. The molecule has 0 aliphatic carbocycles. The van der Waals surface area contributed by atoms with Crippen LogP contribution in [-0.2, 0) is 57.6 Å². The predicted octanol–water partition coefficient (Wildman–Crippen LogP) is 1.95. The highest BCUT2D eigenvalue weighted by Crippen LogP contribution is 2.22. The number of aromatic amines is 2. The molecule has 0 spiro atoms.